The molecule has 6 heteroatoms. The van der Waals surface area contributed by atoms with Gasteiger partial charge in [-0.05, 0) is 34.9 Å². The van der Waals surface area contributed by atoms with Crippen molar-refractivity contribution in [1.82, 2.24) is 14.5 Å². The Morgan fingerprint density at radius 1 is 0.900 bits per heavy atom. The predicted octanol–water partition coefficient (Wildman–Crippen LogP) is 5.45. The molecule has 30 heavy (non-hydrogen) atoms. The average Bonchev–Trinajstić information content (AvgIpc) is 3.24. The number of hydrogen-bond acceptors (Lipinski definition) is 4. The van der Waals surface area contributed by atoms with Crippen molar-refractivity contribution in [2.45, 2.75) is 6.42 Å². The summed E-state index contributed by atoms with van der Waals surface area (Å²) in [6.45, 7) is 0. The van der Waals surface area contributed by atoms with Crippen molar-refractivity contribution in [3.8, 4) is 16.8 Å². The van der Waals surface area contributed by atoms with Crippen LogP contribution in [0.5, 0.6) is 0 Å². The highest BCUT2D eigenvalue weighted by atomic mass is 31.0. The molecule has 2 aromatic heterocycles. The first kappa shape index (κ1) is 18.5. The second-order valence-electron chi connectivity index (χ2n) is 7.10. The van der Waals surface area contributed by atoms with Crippen LogP contribution in [0.3, 0.4) is 0 Å². The number of imidazole rings is 1. The Labute approximate surface area is 175 Å². The van der Waals surface area contributed by atoms with Gasteiger partial charge in [0.25, 0.3) is 0 Å². The number of fused-ring (bicyclic) bond motifs is 3. The topological polar surface area (TPSA) is 63.3 Å². The summed E-state index contributed by atoms with van der Waals surface area (Å²) in [7, 11) is 2.47. The molecule has 0 aliphatic rings. The van der Waals surface area contributed by atoms with Crippen LogP contribution in [0.15, 0.2) is 90.5 Å². The summed E-state index contributed by atoms with van der Waals surface area (Å²) in [5.74, 6) is 0. The number of aromatic nitrogens is 3. The number of para-hydroxylation sites is 1. The molecule has 0 bridgehead atoms. The standard InChI is InChI=1S/C24H19N4OP/c29-27-23(30)13-18-8-4-5-9-22(18)28-15-26-21-14-25-20-11-10-17(12-19(20)24(21)28)16-6-2-1-3-7-16/h1-12,14-15,29H,13,30H2/b27-23+. The van der Waals surface area contributed by atoms with Gasteiger partial charge in [-0.25, -0.2) is 4.98 Å². The molecule has 0 fully saturated rings. The minimum Gasteiger partial charge on any atom is -0.411 e. The van der Waals surface area contributed by atoms with Gasteiger partial charge in [-0.3, -0.25) is 9.55 Å². The maximum absolute atomic E-state index is 9.11. The Kier molecular flexibility index (Phi) is 4.74. The molecule has 0 radical (unpaired) electrons. The zero-order valence-electron chi connectivity index (χ0n) is 16.1. The number of pyridine rings is 1. The van der Waals surface area contributed by atoms with E-state index in [1.807, 2.05) is 48.9 Å². The smallest absolute Gasteiger partial charge is 0.108 e. The molecule has 1 unspecified atom stereocenters. The highest BCUT2D eigenvalue weighted by molar-refractivity contribution is 7.40. The van der Waals surface area contributed by atoms with Gasteiger partial charge in [-0.2, -0.15) is 0 Å². The number of hydrogen-bond donors (Lipinski definition) is 1. The van der Waals surface area contributed by atoms with Crippen LogP contribution < -0.4 is 0 Å². The van der Waals surface area contributed by atoms with Crippen molar-refractivity contribution in [1.29, 1.82) is 0 Å². The maximum Gasteiger partial charge on any atom is 0.108 e. The first-order valence-electron chi connectivity index (χ1n) is 9.60. The van der Waals surface area contributed by atoms with Crippen LogP contribution >= 0.6 is 9.24 Å². The molecule has 0 aliphatic carbocycles. The third-order valence-corrected chi connectivity index (χ3v) is 5.55. The van der Waals surface area contributed by atoms with Crippen LogP contribution in [0.2, 0.25) is 0 Å². The molecule has 0 spiro atoms. The Bertz CT molecular complexity index is 1390. The van der Waals surface area contributed by atoms with Crippen molar-refractivity contribution >= 4 is 36.6 Å². The SMILES string of the molecule is O/N=C(/P)Cc1ccccc1-n1cnc2cnc3ccc(-c4ccccc4)cc3c21. The quantitative estimate of drug-likeness (QED) is 0.186. The molecular formula is C24H19N4OP. The molecule has 0 saturated heterocycles. The van der Waals surface area contributed by atoms with Gasteiger partial charge >= 0.3 is 0 Å². The molecule has 5 nitrogen and oxygen atoms in total. The van der Waals surface area contributed by atoms with Gasteiger partial charge < -0.3 is 5.21 Å². The Hall–Kier alpha value is -3.56. The van der Waals surface area contributed by atoms with E-state index in [0.717, 1.165) is 44.3 Å². The molecule has 5 rings (SSSR count). The van der Waals surface area contributed by atoms with Gasteiger partial charge in [0.15, 0.2) is 0 Å². The van der Waals surface area contributed by atoms with Crippen LogP contribution in [0.1, 0.15) is 5.56 Å². The van der Waals surface area contributed by atoms with E-state index < -0.39 is 0 Å². The first-order valence-corrected chi connectivity index (χ1v) is 10.2. The normalized spacial score (nSPS) is 12.0. The highest BCUT2D eigenvalue weighted by Crippen LogP contribution is 2.31. The molecule has 1 N–H and O–H groups in total. The number of oxime groups is 1. The summed E-state index contributed by atoms with van der Waals surface area (Å²) in [5, 5.41) is 13.5. The highest BCUT2D eigenvalue weighted by Gasteiger charge is 2.14. The molecule has 5 aromatic rings. The molecule has 146 valence electrons. The number of benzene rings is 3. The van der Waals surface area contributed by atoms with Crippen molar-refractivity contribution in [3.63, 3.8) is 0 Å². The molecule has 0 amide bonds. The molecule has 2 heterocycles. The van der Waals surface area contributed by atoms with E-state index >= 15 is 0 Å². The summed E-state index contributed by atoms with van der Waals surface area (Å²) < 4.78 is 2.10. The number of nitrogens with zero attached hydrogens (tertiary/aromatic N) is 4. The fourth-order valence-electron chi connectivity index (χ4n) is 3.81. The third kappa shape index (κ3) is 3.23. The van der Waals surface area contributed by atoms with Crippen molar-refractivity contribution in [2.24, 2.45) is 5.16 Å². The van der Waals surface area contributed by atoms with E-state index in [-0.39, 0.29) is 0 Å². The largest absolute Gasteiger partial charge is 0.411 e. The summed E-state index contributed by atoms with van der Waals surface area (Å²) >= 11 is 0. The predicted molar refractivity (Wildman–Crippen MR) is 124 cm³/mol. The second-order valence-corrected chi connectivity index (χ2v) is 7.77. The lowest BCUT2D eigenvalue weighted by Gasteiger charge is -2.12. The van der Waals surface area contributed by atoms with Crippen LogP contribution in [0, 0.1) is 0 Å². The van der Waals surface area contributed by atoms with Crippen LogP contribution in [-0.2, 0) is 6.42 Å². The number of rotatable bonds is 4. The van der Waals surface area contributed by atoms with Gasteiger partial charge in [0.2, 0.25) is 0 Å². The Morgan fingerprint density at radius 2 is 1.70 bits per heavy atom. The monoisotopic (exact) mass is 410 g/mol. The molecular weight excluding hydrogens is 391 g/mol. The van der Waals surface area contributed by atoms with E-state index in [2.05, 4.69) is 65.3 Å². The lowest BCUT2D eigenvalue weighted by Crippen LogP contribution is -2.02. The zero-order chi connectivity index (χ0) is 20.5. The van der Waals surface area contributed by atoms with Crippen LogP contribution in [0.25, 0.3) is 38.8 Å². The zero-order valence-corrected chi connectivity index (χ0v) is 17.3. The third-order valence-electron chi connectivity index (χ3n) is 5.23. The summed E-state index contributed by atoms with van der Waals surface area (Å²) in [4.78, 5) is 9.21. The second kappa shape index (κ2) is 7.69. The van der Waals surface area contributed by atoms with Crippen LogP contribution in [-0.4, -0.2) is 25.2 Å². The van der Waals surface area contributed by atoms with Gasteiger partial charge in [0, 0.05) is 11.8 Å². The van der Waals surface area contributed by atoms with Crippen molar-refractivity contribution in [3.05, 3.63) is 90.9 Å². The summed E-state index contributed by atoms with van der Waals surface area (Å²) in [6.07, 6.45) is 4.17. The van der Waals surface area contributed by atoms with Gasteiger partial charge in [0.1, 0.15) is 11.8 Å². The molecule has 3 aromatic carbocycles. The van der Waals surface area contributed by atoms with Gasteiger partial charge in [-0.1, -0.05) is 69.0 Å². The Balaban J connectivity index is 1.76. The lowest BCUT2D eigenvalue weighted by molar-refractivity contribution is 0.320. The van der Waals surface area contributed by atoms with Crippen molar-refractivity contribution in [2.75, 3.05) is 0 Å². The fourth-order valence-corrected chi connectivity index (χ4v) is 4.03. The minimum absolute atomic E-state index is 0.523. The average molecular weight is 410 g/mol. The Morgan fingerprint density at radius 3 is 2.53 bits per heavy atom. The van der Waals surface area contributed by atoms with E-state index in [1.165, 1.54) is 0 Å². The minimum atomic E-state index is 0.523. The lowest BCUT2D eigenvalue weighted by atomic mass is 10.0. The van der Waals surface area contributed by atoms with Crippen LogP contribution in [0.4, 0.5) is 0 Å². The molecule has 0 aliphatic heterocycles. The van der Waals surface area contributed by atoms with Gasteiger partial charge in [0.05, 0.1) is 28.4 Å². The fraction of sp³-hybridized carbons (Fsp3) is 0.0417. The molecule has 0 saturated carbocycles. The van der Waals surface area contributed by atoms with E-state index in [1.54, 1.807) is 0 Å². The van der Waals surface area contributed by atoms with E-state index in [4.69, 9.17) is 5.21 Å². The maximum atomic E-state index is 9.11. The van der Waals surface area contributed by atoms with Gasteiger partial charge in [-0.15, -0.1) is 0 Å². The summed E-state index contributed by atoms with van der Waals surface area (Å²) in [5.41, 5.74) is 7.69. The van der Waals surface area contributed by atoms with E-state index in [0.29, 0.717) is 11.9 Å². The van der Waals surface area contributed by atoms with Crippen molar-refractivity contribution < 1.29 is 5.21 Å². The molecule has 1 atom stereocenters. The van der Waals surface area contributed by atoms with E-state index in [9.17, 15) is 0 Å². The first-order chi connectivity index (χ1) is 14.7. The summed E-state index contributed by atoms with van der Waals surface area (Å²) in [6, 6.07) is 24.7.